The van der Waals surface area contributed by atoms with Crippen molar-refractivity contribution in [3.63, 3.8) is 0 Å². The molecule has 5 nitrogen and oxygen atoms in total. The van der Waals surface area contributed by atoms with Crippen molar-refractivity contribution >= 4 is 17.2 Å². The molecule has 128 valence electrons. The molecule has 3 saturated heterocycles. The highest BCUT2D eigenvalue weighted by Gasteiger charge is 2.34. The fourth-order valence-electron chi connectivity index (χ4n) is 3.88. The SMILES string of the molecule is Cc1ccc(-c2nc(C)c(C(=O)NCC3CN4CCC3CC4)s2)o1. The lowest BCUT2D eigenvalue weighted by molar-refractivity contribution is 0.0496. The molecule has 0 radical (unpaired) electrons. The van der Waals surface area contributed by atoms with Crippen molar-refractivity contribution in [3.8, 4) is 10.8 Å². The molecule has 1 atom stereocenters. The van der Waals surface area contributed by atoms with Crippen molar-refractivity contribution < 1.29 is 9.21 Å². The summed E-state index contributed by atoms with van der Waals surface area (Å²) in [5.74, 6) is 2.95. The van der Waals surface area contributed by atoms with E-state index >= 15 is 0 Å². The van der Waals surface area contributed by atoms with Crippen LogP contribution in [0.1, 0.15) is 34.0 Å². The molecule has 3 aliphatic rings. The topological polar surface area (TPSA) is 58.4 Å². The predicted molar refractivity (Wildman–Crippen MR) is 94.3 cm³/mol. The number of nitrogens with one attached hydrogen (secondary N) is 1. The summed E-state index contributed by atoms with van der Waals surface area (Å²) in [6, 6.07) is 3.82. The first-order chi connectivity index (χ1) is 11.6. The van der Waals surface area contributed by atoms with Gasteiger partial charge in [0.05, 0.1) is 5.69 Å². The third kappa shape index (κ3) is 3.00. The number of aromatic nitrogens is 1. The first kappa shape index (κ1) is 15.8. The van der Waals surface area contributed by atoms with Gasteiger partial charge >= 0.3 is 0 Å². The van der Waals surface area contributed by atoms with E-state index in [1.807, 2.05) is 26.0 Å². The lowest BCUT2D eigenvalue weighted by atomic mass is 9.79. The van der Waals surface area contributed by atoms with Crippen molar-refractivity contribution in [1.29, 1.82) is 0 Å². The summed E-state index contributed by atoms with van der Waals surface area (Å²) in [7, 11) is 0. The molecule has 5 rings (SSSR count). The lowest BCUT2D eigenvalue weighted by Gasteiger charge is -2.44. The standard InChI is InChI=1S/C18H23N3O2S/c1-11-3-4-15(23-11)18-20-12(2)16(24-18)17(22)19-9-14-10-21-7-5-13(14)6-8-21/h3-4,13-14H,5-10H2,1-2H3,(H,19,22). The number of hydrogen-bond donors (Lipinski definition) is 1. The number of amides is 1. The van der Waals surface area contributed by atoms with Gasteiger partial charge in [-0.25, -0.2) is 4.98 Å². The zero-order valence-corrected chi connectivity index (χ0v) is 15.0. The van der Waals surface area contributed by atoms with E-state index in [4.69, 9.17) is 4.42 Å². The van der Waals surface area contributed by atoms with Crippen LogP contribution in [0, 0.1) is 25.7 Å². The monoisotopic (exact) mass is 345 g/mol. The van der Waals surface area contributed by atoms with Gasteiger partial charge in [0.25, 0.3) is 5.91 Å². The minimum atomic E-state index is -0.00373. The van der Waals surface area contributed by atoms with Crippen LogP contribution in [-0.4, -0.2) is 42.0 Å². The molecule has 1 unspecified atom stereocenters. The van der Waals surface area contributed by atoms with Crippen molar-refractivity contribution in [2.24, 2.45) is 11.8 Å². The summed E-state index contributed by atoms with van der Waals surface area (Å²) in [4.78, 5) is 20.3. The highest BCUT2D eigenvalue weighted by Crippen LogP contribution is 2.32. The van der Waals surface area contributed by atoms with Crippen LogP contribution in [0.2, 0.25) is 0 Å². The Morgan fingerprint density at radius 1 is 1.38 bits per heavy atom. The number of furan rings is 1. The smallest absolute Gasteiger partial charge is 0.263 e. The van der Waals surface area contributed by atoms with Crippen LogP contribution in [0.15, 0.2) is 16.5 Å². The molecule has 0 saturated carbocycles. The van der Waals surface area contributed by atoms with Gasteiger partial charge in [-0.15, -0.1) is 11.3 Å². The molecule has 3 fully saturated rings. The lowest BCUT2D eigenvalue weighted by Crippen LogP contribution is -2.50. The van der Waals surface area contributed by atoms with Crippen LogP contribution >= 0.6 is 11.3 Å². The molecule has 5 heterocycles. The van der Waals surface area contributed by atoms with Crippen LogP contribution in [-0.2, 0) is 0 Å². The van der Waals surface area contributed by atoms with Crippen molar-refractivity contribution in [3.05, 3.63) is 28.5 Å². The summed E-state index contributed by atoms with van der Waals surface area (Å²) in [5.41, 5.74) is 0.774. The maximum Gasteiger partial charge on any atom is 0.263 e. The van der Waals surface area contributed by atoms with E-state index in [-0.39, 0.29) is 5.91 Å². The maximum atomic E-state index is 12.6. The first-order valence-corrected chi connectivity index (χ1v) is 9.46. The summed E-state index contributed by atoms with van der Waals surface area (Å²) in [6.45, 7) is 8.16. The normalized spacial score (nSPS) is 25.8. The van der Waals surface area contributed by atoms with Crippen molar-refractivity contribution in [1.82, 2.24) is 15.2 Å². The number of thiazole rings is 1. The van der Waals surface area contributed by atoms with E-state index in [9.17, 15) is 4.79 Å². The van der Waals surface area contributed by atoms with Crippen LogP contribution in [0.4, 0.5) is 0 Å². The number of carbonyl (C=O) groups is 1. The van der Waals surface area contributed by atoms with Crippen LogP contribution in [0.25, 0.3) is 10.8 Å². The molecule has 2 aromatic heterocycles. The van der Waals surface area contributed by atoms with E-state index < -0.39 is 0 Å². The average Bonchev–Trinajstić information content (AvgIpc) is 3.19. The number of fused-ring (bicyclic) bond motifs is 3. The second-order valence-electron chi connectivity index (χ2n) is 6.95. The van der Waals surface area contributed by atoms with Gasteiger partial charge in [0.2, 0.25) is 0 Å². The van der Waals surface area contributed by atoms with Crippen molar-refractivity contribution in [2.75, 3.05) is 26.2 Å². The van der Waals surface area contributed by atoms with Crippen LogP contribution in [0.5, 0.6) is 0 Å². The Balaban J connectivity index is 1.42. The largest absolute Gasteiger partial charge is 0.459 e. The molecule has 0 aliphatic carbocycles. The van der Waals surface area contributed by atoms with Gasteiger partial charge in [-0.2, -0.15) is 0 Å². The molecule has 1 N–H and O–H groups in total. The summed E-state index contributed by atoms with van der Waals surface area (Å²) >= 11 is 1.41. The maximum absolute atomic E-state index is 12.6. The molecule has 1 amide bonds. The fraction of sp³-hybridized carbons (Fsp3) is 0.556. The molecule has 2 aromatic rings. The number of rotatable bonds is 4. The number of carbonyl (C=O) groups excluding carboxylic acids is 1. The minimum Gasteiger partial charge on any atom is -0.459 e. The number of hydrogen-bond acceptors (Lipinski definition) is 5. The van der Waals surface area contributed by atoms with Gasteiger partial charge in [0.15, 0.2) is 10.8 Å². The van der Waals surface area contributed by atoms with Gasteiger partial charge in [-0.1, -0.05) is 0 Å². The van der Waals surface area contributed by atoms with Crippen LogP contribution < -0.4 is 5.32 Å². The Morgan fingerprint density at radius 2 is 2.17 bits per heavy atom. The quantitative estimate of drug-likeness (QED) is 0.925. The molecule has 24 heavy (non-hydrogen) atoms. The Kier molecular flexibility index (Phi) is 4.18. The molecule has 3 aliphatic heterocycles. The van der Waals surface area contributed by atoms with Crippen LogP contribution in [0.3, 0.4) is 0 Å². The number of piperidine rings is 3. The van der Waals surface area contributed by atoms with Gasteiger partial charge in [0.1, 0.15) is 10.6 Å². The first-order valence-electron chi connectivity index (χ1n) is 8.65. The molecule has 6 heteroatoms. The Labute approximate surface area is 146 Å². The zero-order valence-electron chi connectivity index (χ0n) is 14.2. The molecule has 0 spiro atoms. The van der Waals surface area contributed by atoms with E-state index in [1.54, 1.807) is 0 Å². The molecule has 2 bridgehead atoms. The fourth-order valence-corrected chi connectivity index (χ4v) is 4.83. The molecular formula is C18H23N3O2S. The minimum absolute atomic E-state index is 0.00373. The van der Waals surface area contributed by atoms with Crippen molar-refractivity contribution in [2.45, 2.75) is 26.7 Å². The summed E-state index contributed by atoms with van der Waals surface area (Å²) in [6.07, 6.45) is 2.56. The highest BCUT2D eigenvalue weighted by molar-refractivity contribution is 7.17. The second-order valence-corrected chi connectivity index (χ2v) is 7.95. The third-order valence-corrected chi connectivity index (χ3v) is 6.44. The van der Waals surface area contributed by atoms with Gasteiger partial charge < -0.3 is 14.6 Å². The van der Waals surface area contributed by atoms with E-state index in [0.717, 1.165) is 41.2 Å². The Hall–Kier alpha value is -1.66. The van der Waals surface area contributed by atoms with E-state index in [2.05, 4.69) is 15.2 Å². The van der Waals surface area contributed by atoms with Gasteiger partial charge in [-0.05, 0) is 63.7 Å². The van der Waals surface area contributed by atoms with E-state index in [1.165, 1.54) is 37.3 Å². The number of nitrogens with zero attached hydrogens (tertiary/aromatic N) is 2. The molecule has 0 aromatic carbocycles. The van der Waals surface area contributed by atoms with E-state index in [0.29, 0.717) is 10.8 Å². The average molecular weight is 345 g/mol. The highest BCUT2D eigenvalue weighted by atomic mass is 32.1. The summed E-state index contributed by atoms with van der Waals surface area (Å²) in [5, 5.41) is 3.91. The van der Waals surface area contributed by atoms with Gasteiger partial charge in [-0.3, -0.25) is 4.79 Å². The zero-order chi connectivity index (χ0) is 16.7. The summed E-state index contributed by atoms with van der Waals surface area (Å²) < 4.78 is 5.62. The number of aryl methyl sites for hydroxylation is 2. The molecular weight excluding hydrogens is 322 g/mol. The predicted octanol–water partition coefficient (Wildman–Crippen LogP) is 3.09. The van der Waals surface area contributed by atoms with Gasteiger partial charge in [0, 0.05) is 13.1 Å². The second kappa shape index (κ2) is 6.33. The Morgan fingerprint density at radius 3 is 2.79 bits per heavy atom. The Bertz CT molecular complexity index is 743. The third-order valence-electron chi connectivity index (χ3n) is 5.27.